The standard InChI is InChI=1S/C22H28N4O3/c1-3-15-29-20-8-6-5-7-18(20)16-26-22(23-4-2)25-14-13-24-21(28)17-9-11-19(27)12-10-17/h3,5-12,27H,1,4,13-16H2,2H3,(H,24,28)(H2,23,25,26). The number of carbonyl (C=O) groups excluding carboxylic acids is 1. The first-order valence-electron chi connectivity index (χ1n) is 9.55. The number of phenolic OH excluding ortho intramolecular Hbond substituents is 1. The van der Waals surface area contributed by atoms with E-state index >= 15 is 0 Å². The number of aromatic hydroxyl groups is 1. The van der Waals surface area contributed by atoms with Gasteiger partial charge in [-0.05, 0) is 37.3 Å². The number of rotatable bonds is 10. The minimum absolute atomic E-state index is 0.131. The van der Waals surface area contributed by atoms with Crippen LogP contribution < -0.4 is 20.7 Å². The lowest BCUT2D eigenvalue weighted by Gasteiger charge is -2.13. The van der Waals surface area contributed by atoms with E-state index in [2.05, 4.69) is 27.5 Å². The number of guanidine groups is 1. The van der Waals surface area contributed by atoms with Crippen molar-refractivity contribution in [3.8, 4) is 11.5 Å². The molecule has 0 aliphatic heterocycles. The summed E-state index contributed by atoms with van der Waals surface area (Å²) in [5, 5.41) is 18.5. The number of phenols is 1. The average Bonchev–Trinajstić information content (AvgIpc) is 2.74. The van der Waals surface area contributed by atoms with Crippen molar-refractivity contribution in [2.24, 2.45) is 4.99 Å². The highest BCUT2D eigenvalue weighted by Gasteiger charge is 2.05. The molecule has 0 aromatic heterocycles. The van der Waals surface area contributed by atoms with Crippen molar-refractivity contribution in [1.29, 1.82) is 0 Å². The molecule has 154 valence electrons. The monoisotopic (exact) mass is 396 g/mol. The van der Waals surface area contributed by atoms with E-state index in [4.69, 9.17) is 4.74 Å². The van der Waals surface area contributed by atoms with Gasteiger partial charge in [-0.2, -0.15) is 0 Å². The van der Waals surface area contributed by atoms with E-state index in [1.807, 2.05) is 31.2 Å². The third kappa shape index (κ3) is 7.57. The highest BCUT2D eigenvalue weighted by atomic mass is 16.5. The fourth-order valence-corrected chi connectivity index (χ4v) is 2.50. The minimum atomic E-state index is -0.193. The van der Waals surface area contributed by atoms with Crippen molar-refractivity contribution in [1.82, 2.24) is 16.0 Å². The Kier molecular flexibility index (Phi) is 9.08. The van der Waals surface area contributed by atoms with Crippen LogP contribution in [0.3, 0.4) is 0 Å². The molecule has 0 fully saturated rings. The Hall–Kier alpha value is -3.48. The lowest BCUT2D eigenvalue weighted by Crippen LogP contribution is -2.41. The van der Waals surface area contributed by atoms with E-state index < -0.39 is 0 Å². The van der Waals surface area contributed by atoms with Gasteiger partial charge >= 0.3 is 0 Å². The lowest BCUT2D eigenvalue weighted by atomic mass is 10.2. The zero-order valence-corrected chi connectivity index (χ0v) is 16.6. The number of amides is 1. The molecule has 0 heterocycles. The van der Waals surface area contributed by atoms with Crippen LogP contribution in [0.25, 0.3) is 0 Å². The van der Waals surface area contributed by atoms with Gasteiger partial charge in [-0.1, -0.05) is 30.9 Å². The molecule has 0 saturated heterocycles. The minimum Gasteiger partial charge on any atom is -0.508 e. The molecule has 0 unspecified atom stereocenters. The van der Waals surface area contributed by atoms with Crippen LogP contribution in [0.4, 0.5) is 0 Å². The van der Waals surface area contributed by atoms with Gasteiger partial charge in [0.1, 0.15) is 18.1 Å². The molecule has 0 aliphatic carbocycles. The molecular weight excluding hydrogens is 368 g/mol. The number of nitrogens with one attached hydrogen (secondary N) is 3. The number of aliphatic imine (C=N–C) groups is 1. The molecule has 0 atom stereocenters. The Morgan fingerprint density at radius 2 is 1.83 bits per heavy atom. The summed E-state index contributed by atoms with van der Waals surface area (Å²) in [6, 6.07) is 13.9. The quantitative estimate of drug-likeness (QED) is 0.214. The van der Waals surface area contributed by atoms with Gasteiger partial charge in [0.15, 0.2) is 5.96 Å². The summed E-state index contributed by atoms with van der Waals surface area (Å²) in [7, 11) is 0. The SMILES string of the molecule is C=CCOc1ccccc1CN=C(NCC)NCCNC(=O)c1ccc(O)cc1. The third-order valence-electron chi connectivity index (χ3n) is 3.91. The molecule has 2 rings (SSSR count). The fraction of sp³-hybridized carbons (Fsp3) is 0.273. The van der Waals surface area contributed by atoms with Gasteiger partial charge in [-0.25, -0.2) is 4.99 Å². The third-order valence-corrected chi connectivity index (χ3v) is 3.91. The number of carbonyl (C=O) groups is 1. The number of hydrogen-bond acceptors (Lipinski definition) is 4. The molecule has 29 heavy (non-hydrogen) atoms. The Morgan fingerprint density at radius 3 is 2.55 bits per heavy atom. The van der Waals surface area contributed by atoms with Gasteiger partial charge in [0, 0.05) is 30.8 Å². The first-order valence-corrected chi connectivity index (χ1v) is 9.55. The number of para-hydroxylation sites is 1. The highest BCUT2D eigenvalue weighted by molar-refractivity contribution is 5.94. The second-order valence-corrected chi connectivity index (χ2v) is 6.13. The van der Waals surface area contributed by atoms with Gasteiger partial charge in [0.25, 0.3) is 5.91 Å². The highest BCUT2D eigenvalue weighted by Crippen LogP contribution is 2.18. The fourth-order valence-electron chi connectivity index (χ4n) is 2.50. The topological polar surface area (TPSA) is 95.0 Å². The van der Waals surface area contributed by atoms with Crippen molar-refractivity contribution >= 4 is 11.9 Å². The van der Waals surface area contributed by atoms with Gasteiger partial charge < -0.3 is 25.8 Å². The molecule has 7 heteroatoms. The van der Waals surface area contributed by atoms with Crippen LogP contribution in [0.1, 0.15) is 22.8 Å². The van der Waals surface area contributed by atoms with E-state index in [1.165, 1.54) is 12.1 Å². The average molecular weight is 396 g/mol. The first-order chi connectivity index (χ1) is 14.1. The summed E-state index contributed by atoms with van der Waals surface area (Å²) < 4.78 is 5.66. The van der Waals surface area contributed by atoms with E-state index in [9.17, 15) is 9.90 Å². The maximum Gasteiger partial charge on any atom is 0.251 e. The Balaban J connectivity index is 1.85. The molecule has 1 amide bonds. The lowest BCUT2D eigenvalue weighted by molar-refractivity contribution is 0.0954. The summed E-state index contributed by atoms with van der Waals surface area (Å²) in [6.07, 6.45) is 1.71. The Morgan fingerprint density at radius 1 is 1.10 bits per heavy atom. The normalized spacial score (nSPS) is 10.9. The maximum atomic E-state index is 12.1. The van der Waals surface area contributed by atoms with Crippen molar-refractivity contribution in [3.63, 3.8) is 0 Å². The van der Waals surface area contributed by atoms with E-state index in [-0.39, 0.29) is 11.7 Å². The summed E-state index contributed by atoms with van der Waals surface area (Å²) in [6.45, 7) is 8.24. The second kappa shape index (κ2) is 12.1. The van der Waals surface area contributed by atoms with Crippen LogP contribution >= 0.6 is 0 Å². The molecule has 0 spiro atoms. The molecule has 0 radical (unpaired) electrons. The maximum absolute atomic E-state index is 12.1. The van der Waals surface area contributed by atoms with Crippen LogP contribution in [-0.2, 0) is 6.54 Å². The molecular formula is C22H28N4O3. The molecule has 7 nitrogen and oxygen atoms in total. The van der Waals surface area contributed by atoms with Crippen molar-refractivity contribution in [2.45, 2.75) is 13.5 Å². The molecule has 0 aliphatic rings. The predicted molar refractivity (Wildman–Crippen MR) is 115 cm³/mol. The molecule has 0 saturated carbocycles. The number of hydrogen-bond donors (Lipinski definition) is 4. The van der Waals surface area contributed by atoms with Crippen LogP contribution in [0.5, 0.6) is 11.5 Å². The largest absolute Gasteiger partial charge is 0.508 e. The molecule has 4 N–H and O–H groups in total. The molecule has 0 bridgehead atoms. The van der Waals surface area contributed by atoms with Gasteiger partial charge in [0.2, 0.25) is 0 Å². The van der Waals surface area contributed by atoms with Crippen LogP contribution in [-0.4, -0.2) is 43.2 Å². The van der Waals surface area contributed by atoms with Crippen molar-refractivity contribution in [3.05, 3.63) is 72.3 Å². The van der Waals surface area contributed by atoms with Crippen LogP contribution in [0, 0.1) is 0 Å². The second-order valence-electron chi connectivity index (χ2n) is 6.13. The Labute approximate surface area is 171 Å². The van der Waals surface area contributed by atoms with Crippen molar-refractivity contribution in [2.75, 3.05) is 26.2 Å². The zero-order chi connectivity index (χ0) is 20.9. The number of ether oxygens (including phenoxy) is 1. The van der Waals surface area contributed by atoms with Crippen molar-refractivity contribution < 1.29 is 14.6 Å². The predicted octanol–water partition coefficient (Wildman–Crippen LogP) is 2.44. The summed E-state index contributed by atoms with van der Waals surface area (Å²) in [4.78, 5) is 16.7. The Bertz CT molecular complexity index is 819. The van der Waals surface area contributed by atoms with Crippen LogP contribution in [0.15, 0.2) is 66.2 Å². The molecule has 2 aromatic carbocycles. The van der Waals surface area contributed by atoms with Gasteiger partial charge in [0.05, 0.1) is 6.54 Å². The number of nitrogens with zero attached hydrogens (tertiary/aromatic N) is 1. The summed E-state index contributed by atoms with van der Waals surface area (Å²) >= 11 is 0. The van der Waals surface area contributed by atoms with E-state index in [0.717, 1.165) is 17.9 Å². The summed E-state index contributed by atoms with van der Waals surface area (Å²) in [5.41, 5.74) is 1.48. The molecule has 2 aromatic rings. The van der Waals surface area contributed by atoms with E-state index in [1.54, 1.807) is 18.2 Å². The van der Waals surface area contributed by atoms with Crippen LogP contribution in [0.2, 0.25) is 0 Å². The van der Waals surface area contributed by atoms with E-state index in [0.29, 0.717) is 37.8 Å². The zero-order valence-electron chi connectivity index (χ0n) is 16.6. The van der Waals surface area contributed by atoms with Gasteiger partial charge in [-0.3, -0.25) is 4.79 Å². The smallest absolute Gasteiger partial charge is 0.251 e. The van der Waals surface area contributed by atoms with Gasteiger partial charge in [-0.15, -0.1) is 0 Å². The summed E-state index contributed by atoms with van der Waals surface area (Å²) in [5.74, 6) is 1.38. The number of benzene rings is 2. The first kappa shape index (κ1) is 21.8.